The topological polar surface area (TPSA) is 95.4 Å². The molecule has 3 N–H and O–H groups in total. The van der Waals surface area contributed by atoms with E-state index >= 15 is 0 Å². The minimum absolute atomic E-state index is 0.167. The Morgan fingerprint density at radius 1 is 1.48 bits per heavy atom. The van der Waals surface area contributed by atoms with Crippen molar-refractivity contribution in [1.29, 1.82) is 0 Å². The number of carboxylic acids is 1. The molecule has 6 heteroatoms. The highest BCUT2D eigenvalue weighted by Gasteiger charge is 2.31. The molecule has 0 aliphatic carbocycles. The van der Waals surface area contributed by atoms with Gasteiger partial charge in [0, 0.05) is 6.42 Å². The van der Waals surface area contributed by atoms with Gasteiger partial charge >= 0.3 is 5.97 Å². The molecule has 1 aliphatic rings. The van der Waals surface area contributed by atoms with E-state index in [-0.39, 0.29) is 17.0 Å². The first kappa shape index (κ1) is 13.6. The quantitative estimate of drug-likeness (QED) is 0.801. The first-order chi connectivity index (χ1) is 9.87. The predicted molar refractivity (Wildman–Crippen MR) is 74.5 cm³/mol. The number of benzene rings is 1. The van der Waals surface area contributed by atoms with Gasteiger partial charge in [0.2, 0.25) is 0 Å². The zero-order valence-electron chi connectivity index (χ0n) is 11.8. The molecule has 1 aliphatic heterocycles. The molecule has 110 valence electrons. The number of aromatic amines is 1. The van der Waals surface area contributed by atoms with Crippen molar-refractivity contribution in [2.45, 2.75) is 32.0 Å². The maximum atomic E-state index is 11.1. The maximum Gasteiger partial charge on any atom is 0.356 e. The molecule has 1 unspecified atom stereocenters. The van der Waals surface area contributed by atoms with Crippen LogP contribution in [-0.4, -0.2) is 31.8 Å². The van der Waals surface area contributed by atoms with E-state index in [0.717, 1.165) is 17.7 Å². The number of H-pyrrole nitrogens is 1. The Labute approximate surface area is 121 Å². The second kappa shape index (κ2) is 4.60. The molecule has 1 aromatic heterocycles. The summed E-state index contributed by atoms with van der Waals surface area (Å²) in [7, 11) is 0. The monoisotopic (exact) mass is 288 g/mol. The number of nitrogens with zero attached hydrogens (tertiary/aromatic N) is 1. The Morgan fingerprint density at radius 3 is 2.95 bits per heavy atom. The molecule has 1 atom stereocenters. The third-order valence-electron chi connectivity index (χ3n) is 3.55. The fraction of sp³-hybridized carbons (Fsp3) is 0.333. The number of aromatic nitrogens is 2. The largest absolute Gasteiger partial charge is 0.487 e. The van der Waals surface area contributed by atoms with E-state index in [0.29, 0.717) is 5.56 Å². The van der Waals surface area contributed by atoms with Crippen molar-refractivity contribution >= 4 is 5.97 Å². The van der Waals surface area contributed by atoms with Crippen LogP contribution < -0.4 is 4.74 Å². The summed E-state index contributed by atoms with van der Waals surface area (Å²) in [5, 5.41) is 19.5. The number of aliphatic hydroxyl groups excluding tert-OH is 1. The van der Waals surface area contributed by atoms with Crippen LogP contribution in [0.25, 0.3) is 0 Å². The molecule has 0 saturated carbocycles. The van der Waals surface area contributed by atoms with Crippen molar-refractivity contribution in [3.8, 4) is 5.75 Å². The van der Waals surface area contributed by atoms with Gasteiger partial charge in [0.05, 0.1) is 12.0 Å². The van der Waals surface area contributed by atoms with Crippen LogP contribution in [0, 0.1) is 0 Å². The molecule has 0 spiro atoms. The van der Waals surface area contributed by atoms with Gasteiger partial charge in [0.1, 0.15) is 17.5 Å². The van der Waals surface area contributed by atoms with Gasteiger partial charge in [-0.3, -0.25) is 0 Å². The molecular weight excluding hydrogens is 272 g/mol. The number of hydrogen-bond donors (Lipinski definition) is 3. The highest BCUT2D eigenvalue weighted by molar-refractivity contribution is 5.86. The molecule has 21 heavy (non-hydrogen) atoms. The van der Waals surface area contributed by atoms with Gasteiger partial charge in [-0.15, -0.1) is 0 Å². The number of fused-ring (bicyclic) bond motifs is 1. The lowest BCUT2D eigenvalue weighted by molar-refractivity contribution is 0.0685. The predicted octanol–water partition coefficient (Wildman–Crippen LogP) is 1.90. The maximum absolute atomic E-state index is 11.1. The van der Waals surface area contributed by atoms with E-state index < -0.39 is 12.1 Å². The number of ether oxygens (including phenoxy) is 1. The van der Waals surface area contributed by atoms with E-state index in [1.807, 2.05) is 19.9 Å². The third-order valence-corrected chi connectivity index (χ3v) is 3.55. The van der Waals surface area contributed by atoms with E-state index in [1.54, 1.807) is 12.1 Å². The number of carboxylic acid groups (broad SMARTS) is 1. The standard InChI is InChI=1S/C15H16N2O4/c1-15(2)6-9-5-8(3-4-10(9)21-15)13(18)11-12(14(19)20)17-7-16-11/h3-5,7,13,18H,6H2,1-2H3,(H,16,17)(H,19,20). The van der Waals surface area contributed by atoms with Crippen LogP contribution in [0.5, 0.6) is 5.75 Å². The van der Waals surface area contributed by atoms with E-state index in [4.69, 9.17) is 9.84 Å². The smallest absolute Gasteiger partial charge is 0.356 e. The van der Waals surface area contributed by atoms with Crippen LogP contribution in [0.3, 0.4) is 0 Å². The Hall–Kier alpha value is -2.34. The van der Waals surface area contributed by atoms with Crippen LogP contribution >= 0.6 is 0 Å². The number of aromatic carboxylic acids is 1. The zero-order valence-corrected chi connectivity index (χ0v) is 11.8. The molecule has 0 fully saturated rings. The minimum atomic E-state index is -1.17. The van der Waals surface area contributed by atoms with Gasteiger partial charge in [-0.1, -0.05) is 6.07 Å². The number of rotatable bonds is 3. The summed E-state index contributed by atoms with van der Waals surface area (Å²) in [6.45, 7) is 4.00. The average molecular weight is 288 g/mol. The summed E-state index contributed by atoms with van der Waals surface area (Å²) in [6.07, 6.45) is 0.951. The molecule has 1 aromatic carbocycles. The number of hydrogen-bond acceptors (Lipinski definition) is 4. The second-order valence-electron chi connectivity index (χ2n) is 5.78. The molecule has 0 radical (unpaired) electrons. The number of aliphatic hydroxyl groups is 1. The lowest BCUT2D eigenvalue weighted by atomic mass is 9.97. The van der Waals surface area contributed by atoms with Gasteiger partial charge < -0.3 is 19.9 Å². The molecule has 3 rings (SSSR count). The van der Waals surface area contributed by atoms with E-state index in [2.05, 4.69) is 9.97 Å². The number of nitrogens with one attached hydrogen (secondary N) is 1. The Morgan fingerprint density at radius 2 is 2.24 bits per heavy atom. The number of carbonyl (C=O) groups is 1. The van der Waals surface area contributed by atoms with Crippen LogP contribution in [0.4, 0.5) is 0 Å². The first-order valence-electron chi connectivity index (χ1n) is 6.64. The van der Waals surface area contributed by atoms with Gasteiger partial charge in [-0.25, -0.2) is 9.78 Å². The van der Waals surface area contributed by atoms with Gasteiger partial charge in [0.15, 0.2) is 5.69 Å². The summed E-state index contributed by atoms with van der Waals surface area (Å²) >= 11 is 0. The fourth-order valence-electron chi connectivity index (χ4n) is 2.65. The van der Waals surface area contributed by atoms with Crippen molar-refractivity contribution in [1.82, 2.24) is 9.97 Å². The van der Waals surface area contributed by atoms with E-state index in [1.165, 1.54) is 6.33 Å². The van der Waals surface area contributed by atoms with E-state index in [9.17, 15) is 9.90 Å². The summed E-state index contributed by atoms with van der Waals surface area (Å²) in [5.74, 6) is -0.366. The lowest BCUT2D eigenvalue weighted by Gasteiger charge is -2.16. The van der Waals surface area contributed by atoms with Gasteiger partial charge in [-0.2, -0.15) is 0 Å². The summed E-state index contributed by atoms with van der Waals surface area (Å²) in [5.41, 5.74) is 1.38. The second-order valence-corrected chi connectivity index (χ2v) is 5.78. The van der Waals surface area contributed by atoms with Crippen LogP contribution in [-0.2, 0) is 6.42 Å². The molecule has 6 nitrogen and oxygen atoms in total. The SMILES string of the molecule is CC1(C)Cc2cc(C(O)c3[nH]cnc3C(=O)O)ccc2O1. The van der Waals surface area contributed by atoms with Crippen LogP contribution in [0.2, 0.25) is 0 Å². The Bertz CT molecular complexity index is 705. The average Bonchev–Trinajstić information content (AvgIpc) is 2.98. The summed E-state index contributed by atoms with van der Waals surface area (Å²) in [6, 6.07) is 5.39. The van der Waals surface area contributed by atoms with Crippen molar-refractivity contribution < 1.29 is 19.7 Å². The lowest BCUT2D eigenvalue weighted by Crippen LogP contribution is -2.24. The normalized spacial score (nSPS) is 17.1. The molecule has 0 amide bonds. The first-order valence-corrected chi connectivity index (χ1v) is 6.64. The van der Waals surface area contributed by atoms with Crippen molar-refractivity contribution in [3.05, 3.63) is 47.0 Å². The third kappa shape index (κ3) is 2.38. The van der Waals surface area contributed by atoms with Crippen molar-refractivity contribution in [2.75, 3.05) is 0 Å². The highest BCUT2D eigenvalue weighted by Crippen LogP contribution is 2.37. The zero-order chi connectivity index (χ0) is 15.2. The van der Waals surface area contributed by atoms with Crippen LogP contribution in [0.15, 0.2) is 24.5 Å². The molecule has 2 aromatic rings. The molecule has 2 heterocycles. The molecule has 0 bridgehead atoms. The fourth-order valence-corrected chi connectivity index (χ4v) is 2.65. The van der Waals surface area contributed by atoms with Crippen molar-refractivity contribution in [3.63, 3.8) is 0 Å². The Kier molecular flexibility index (Phi) is 2.98. The summed E-state index contributed by atoms with van der Waals surface area (Å²) in [4.78, 5) is 17.5. The van der Waals surface area contributed by atoms with Crippen LogP contribution in [0.1, 0.15) is 47.3 Å². The van der Waals surface area contributed by atoms with Crippen molar-refractivity contribution in [2.24, 2.45) is 0 Å². The summed E-state index contributed by atoms with van der Waals surface area (Å²) < 4.78 is 5.79. The number of imidazole rings is 1. The minimum Gasteiger partial charge on any atom is -0.487 e. The molecule has 0 saturated heterocycles. The van der Waals surface area contributed by atoms with Gasteiger partial charge in [0.25, 0.3) is 0 Å². The molecular formula is C15H16N2O4. The van der Waals surface area contributed by atoms with Gasteiger partial charge in [-0.05, 0) is 37.1 Å². The Balaban J connectivity index is 1.95. The highest BCUT2D eigenvalue weighted by atomic mass is 16.5.